The van der Waals surface area contributed by atoms with Crippen LogP contribution >= 0.6 is 22.9 Å². The second kappa shape index (κ2) is 5.50. The SMILES string of the molecule is COc1cc(C)ccc1-c1nc(C(=O)CCl)cs1. The average Bonchev–Trinajstić information content (AvgIpc) is 2.87. The Morgan fingerprint density at radius 3 is 2.94 bits per heavy atom. The number of hydrogen-bond donors (Lipinski definition) is 0. The van der Waals surface area contributed by atoms with E-state index < -0.39 is 0 Å². The van der Waals surface area contributed by atoms with E-state index in [0.717, 1.165) is 21.9 Å². The Kier molecular flexibility index (Phi) is 3.99. The molecule has 0 atom stereocenters. The summed E-state index contributed by atoms with van der Waals surface area (Å²) in [6.45, 7) is 2.00. The number of aromatic nitrogens is 1. The summed E-state index contributed by atoms with van der Waals surface area (Å²) in [6, 6.07) is 5.88. The molecule has 94 valence electrons. The predicted octanol–water partition coefficient (Wildman–Crippen LogP) is 3.55. The van der Waals surface area contributed by atoms with Gasteiger partial charge in [-0.1, -0.05) is 6.07 Å². The molecule has 0 aliphatic rings. The van der Waals surface area contributed by atoms with Gasteiger partial charge in [0.2, 0.25) is 0 Å². The molecule has 2 aromatic rings. The van der Waals surface area contributed by atoms with Crippen molar-refractivity contribution < 1.29 is 9.53 Å². The van der Waals surface area contributed by atoms with Crippen molar-refractivity contribution >= 4 is 28.7 Å². The van der Waals surface area contributed by atoms with Gasteiger partial charge in [0.1, 0.15) is 16.5 Å². The van der Waals surface area contributed by atoms with Gasteiger partial charge < -0.3 is 4.74 Å². The summed E-state index contributed by atoms with van der Waals surface area (Å²) in [7, 11) is 1.62. The zero-order valence-electron chi connectivity index (χ0n) is 10.1. The van der Waals surface area contributed by atoms with Crippen molar-refractivity contribution in [2.45, 2.75) is 6.92 Å². The highest BCUT2D eigenvalue weighted by molar-refractivity contribution is 7.13. The maximum absolute atomic E-state index is 11.4. The number of carbonyl (C=O) groups is 1. The molecule has 5 heteroatoms. The molecule has 0 saturated carbocycles. The van der Waals surface area contributed by atoms with E-state index in [0.29, 0.717) is 5.69 Å². The van der Waals surface area contributed by atoms with Gasteiger partial charge in [0.25, 0.3) is 0 Å². The number of halogens is 1. The first-order chi connectivity index (χ1) is 8.65. The minimum Gasteiger partial charge on any atom is -0.496 e. The van der Waals surface area contributed by atoms with Crippen LogP contribution in [0.15, 0.2) is 23.6 Å². The van der Waals surface area contributed by atoms with E-state index in [1.807, 2.05) is 25.1 Å². The van der Waals surface area contributed by atoms with E-state index in [-0.39, 0.29) is 11.7 Å². The fourth-order valence-electron chi connectivity index (χ4n) is 1.57. The van der Waals surface area contributed by atoms with E-state index >= 15 is 0 Å². The maximum atomic E-state index is 11.4. The molecular formula is C13H12ClNO2S. The van der Waals surface area contributed by atoms with Crippen molar-refractivity contribution in [3.8, 4) is 16.3 Å². The van der Waals surface area contributed by atoms with Crippen LogP contribution < -0.4 is 4.74 Å². The number of ether oxygens (including phenoxy) is 1. The van der Waals surface area contributed by atoms with Gasteiger partial charge in [0.05, 0.1) is 18.6 Å². The van der Waals surface area contributed by atoms with E-state index in [1.54, 1.807) is 12.5 Å². The van der Waals surface area contributed by atoms with Crippen LogP contribution in [0.2, 0.25) is 0 Å². The number of nitrogens with zero attached hydrogens (tertiary/aromatic N) is 1. The Labute approximate surface area is 114 Å². The number of ketones is 1. The molecule has 18 heavy (non-hydrogen) atoms. The molecular weight excluding hydrogens is 270 g/mol. The van der Waals surface area contributed by atoms with Crippen LogP contribution in [0.4, 0.5) is 0 Å². The molecule has 0 fully saturated rings. The Bertz CT molecular complexity index is 580. The van der Waals surface area contributed by atoms with Gasteiger partial charge in [-0.3, -0.25) is 4.79 Å². The van der Waals surface area contributed by atoms with Gasteiger partial charge in [-0.2, -0.15) is 0 Å². The van der Waals surface area contributed by atoms with Crippen LogP contribution in [0.5, 0.6) is 5.75 Å². The molecule has 0 unspecified atom stereocenters. The highest BCUT2D eigenvalue weighted by atomic mass is 35.5. The molecule has 0 aliphatic heterocycles. The van der Waals surface area contributed by atoms with Gasteiger partial charge in [-0.25, -0.2) is 4.98 Å². The molecule has 0 spiro atoms. The first-order valence-electron chi connectivity index (χ1n) is 5.35. The second-order valence-electron chi connectivity index (χ2n) is 3.80. The third-order valence-electron chi connectivity index (χ3n) is 2.50. The van der Waals surface area contributed by atoms with Crippen molar-refractivity contribution in [2.24, 2.45) is 0 Å². The van der Waals surface area contributed by atoms with E-state index in [1.165, 1.54) is 11.3 Å². The van der Waals surface area contributed by atoms with Crippen molar-refractivity contribution in [3.05, 3.63) is 34.8 Å². The summed E-state index contributed by atoms with van der Waals surface area (Å²) in [4.78, 5) is 15.7. The average molecular weight is 282 g/mol. The molecule has 0 saturated heterocycles. The van der Waals surface area contributed by atoms with Crippen molar-refractivity contribution in [1.29, 1.82) is 0 Å². The molecule has 1 heterocycles. The lowest BCUT2D eigenvalue weighted by molar-refractivity contribution is 0.101. The summed E-state index contributed by atoms with van der Waals surface area (Å²) >= 11 is 6.92. The monoisotopic (exact) mass is 281 g/mol. The topological polar surface area (TPSA) is 39.2 Å². The zero-order chi connectivity index (χ0) is 13.1. The summed E-state index contributed by atoms with van der Waals surface area (Å²) < 4.78 is 5.33. The summed E-state index contributed by atoms with van der Waals surface area (Å²) in [5, 5.41) is 2.49. The normalized spacial score (nSPS) is 10.4. The van der Waals surface area contributed by atoms with Crippen LogP contribution in [0.3, 0.4) is 0 Å². The minimum absolute atomic E-state index is 0.0474. The van der Waals surface area contributed by atoms with Crippen LogP contribution in [0, 0.1) is 6.92 Å². The Balaban J connectivity index is 2.42. The highest BCUT2D eigenvalue weighted by Crippen LogP contribution is 2.33. The number of carbonyl (C=O) groups excluding carboxylic acids is 1. The minimum atomic E-state index is -0.162. The summed E-state index contributed by atoms with van der Waals surface area (Å²) in [5.74, 6) is 0.549. The molecule has 2 rings (SSSR count). The molecule has 0 aliphatic carbocycles. The van der Waals surface area contributed by atoms with E-state index in [4.69, 9.17) is 16.3 Å². The number of Topliss-reactive ketones (excluding diaryl/α,β-unsaturated/α-hetero) is 1. The van der Waals surface area contributed by atoms with Gasteiger partial charge >= 0.3 is 0 Å². The van der Waals surface area contributed by atoms with Crippen LogP contribution in [0.25, 0.3) is 10.6 Å². The van der Waals surface area contributed by atoms with Gasteiger partial charge in [0.15, 0.2) is 5.78 Å². The largest absolute Gasteiger partial charge is 0.496 e. The lowest BCUT2D eigenvalue weighted by atomic mass is 10.1. The number of aryl methyl sites for hydroxylation is 1. The highest BCUT2D eigenvalue weighted by Gasteiger charge is 2.13. The van der Waals surface area contributed by atoms with Gasteiger partial charge in [0, 0.05) is 5.38 Å². The molecule has 3 nitrogen and oxygen atoms in total. The third-order valence-corrected chi connectivity index (χ3v) is 3.62. The predicted molar refractivity (Wildman–Crippen MR) is 73.9 cm³/mol. The molecule has 0 N–H and O–H groups in total. The second-order valence-corrected chi connectivity index (χ2v) is 4.92. The number of rotatable bonds is 4. The Hall–Kier alpha value is -1.39. The van der Waals surface area contributed by atoms with E-state index in [9.17, 15) is 4.79 Å². The van der Waals surface area contributed by atoms with Crippen molar-refractivity contribution in [2.75, 3.05) is 13.0 Å². The van der Waals surface area contributed by atoms with Gasteiger partial charge in [-0.05, 0) is 24.6 Å². The first-order valence-corrected chi connectivity index (χ1v) is 6.77. The smallest absolute Gasteiger partial charge is 0.196 e. The maximum Gasteiger partial charge on any atom is 0.196 e. The first kappa shape index (κ1) is 13.1. The standard InChI is InChI=1S/C13H12ClNO2S/c1-8-3-4-9(12(5-8)17-2)13-15-10(7-18-13)11(16)6-14/h3-5,7H,6H2,1-2H3. The number of thiazole rings is 1. The third kappa shape index (κ3) is 2.54. The lowest BCUT2D eigenvalue weighted by Crippen LogP contribution is -2.00. The summed E-state index contributed by atoms with van der Waals surface area (Å²) in [6.07, 6.45) is 0. The molecule has 0 bridgehead atoms. The molecule has 0 amide bonds. The zero-order valence-corrected chi connectivity index (χ0v) is 11.6. The lowest BCUT2D eigenvalue weighted by Gasteiger charge is -2.06. The Morgan fingerprint density at radius 2 is 2.28 bits per heavy atom. The van der Waals surface area contributed by atoms with Crippen LogP contribution in [-0.4, -0.2) is 23.8 Å². The van der Waals surface area contributed by atoms with Gasteiger partial charge in [-0.15, -0.1) is 22.9 Å². The Morgan fingerprint density at radius 1 is 1.50 bits per heavy atom. The quantitative estimate of drug-likeness (QED) is 0.635. The fourth-order valence-corrected chi connectivity index (χ4v) is 2.56. The molecule has 1 aromatic carbocycles. The van der Waals surface area contributed by atoms with Crippen molar-refractivity contribution in [1.82, 2.24) is 4.98 Å². The molecule has 0 radical (unpaired) electrons. The molecule has 1 aromatic heterocycles. The van der Waals surface area contributed by atoms with E-state index in [2.05, 4.69) is 4.98 Å². The number of methoxy groups -OCH3 is 1. The summed E-state index contributed by atoms with van der Waals surface area (Å²) in [5.41, 5.74) is 2.42. The number of alkyl halides is 1. The van der Waals surface area contributed by atoms with Crippen molar-refractivity contribution in [3.63, 3.8) is 0 Å². The number of benzene rings is 1. The number of hydrogen-bond acceptors (Lipinski definition) is 4. The fraction of sp³-hybridized carbons (Fsp3) is 0.231. The van der Waals surface area contributed by atoms with Crippen LogP contribution in [0.1, 0.15) is 16.1 Å². The van der Waals surface area contributed by atoms with Crippen LogP contribution in [-0.2, 0) is 0 Å².